The van der Waals surface area contributed by atoms with Crippen LogP contribution in [0.1, 0.15) is 59.9 Å². The number of esters is 1. The lowest BCUT2D eigenvalue weighted by Gasteiger charge is -2.41. The predicted molar refractivity (Wildman–Crippen MR) is 97.5 cm³/mol. The molecule has 0 radical (unpaired) electrons. The molecular weight excluding hydrogens is 337 g/mol. The lowest BCUT2D eigenvalue weighted by molar-refractivity contribution is -0.171. The number of hydrogen-bond acceptors (Lipinski definition) is 5. The molecule has 1 aliphatic carbocycles. The van der Waals surface area contributed by atoms with E-state index >= 15 is 0 Å². The summed E-state index contributed by atoms with van der Waals surface area (Å²) in [6.45, 7) is 12.2. The molecule has 25 heavy (non-hydrogen) atoms. The second-order valence-electron chi connectivity index (χ2n) is 8.53. The first-order valence-corrected chi connectivity index (χ1v) is 9.76. The summed E-state index contributed by atoms with van der Waals surface area (Å²) in [4.78, 5) is 24.0. The summed E-state index contributed by atoms with van der Waals surface area (Å²) in [5, 5.41) is 0. The molecule has 0 aromatic heterocycles. The van der Waals surface area contributed by atoms with Crippen LogP contribution in [0.2, 0.25) is 0 Å². The Balaban J connectivity index is 1.88. The summed E-state index contributed by atoms with van der Waals surface area (Å²) in [6.07, 6.45) is 1.66. The molecule has 1 aromatic rings. The summed E-state index contributed by atoms with van der Waals surface area (Å²) < 4.78 is 14.6. The van der Waals surface area contributed by atoms with Crippen LogP contribution >= 0.6 is 8.17 Å². The second kappa shape index (κ2) is 7.43. The first-order chi connectivity index (χ1) is 11.5. The van der Waals surface area contributed by atoms with E-state index in [-0.39, 0.29) is 16.9 Å². The Morgan fingerprint density at radius 1 is 1.28 bits per heavy atom. The first-order valence-electron chi connectivity index (χ1n) is 8.63. The van der Waals surface area contributed by atoms with Gasteiger partial charge in [0.15, 0.2) is 11.8 Å². The van der Waals surface area contributed by atoms with Crippen LogP contribution in [0.25, 0.3) is 0 Å². The molecule has 1 unspecified atom stereocenters. The van der Waals surface area contributed by atoms with Crippen molar-refractivity contribution in [3.05, 3.63) is 29.8 Å². The fraction of sp³-hybridized carbons (Fsp3) is 0.632. The molecule has 0 aliphatic heterocycles. The van der Waals surface area contributed by atoms with E-state index in [1.807, 2.05) is 12.1 Å². The van der Waals surface area contributed by atoms with Gasteiger partial charge in [0.25, 0.3) is 0 Å². The van der Waals surface area contributed by atoms with Gasteiger partial charge in [-0.3, -0.25) is 4.52 Å². The fourth-order valence-electron chi connectivity index (χ4n) is 2.84. The molecule has 6 heteroatoms. The molecule has 0 spiro atoms. The summed E-state index contributed by atoms with van der Waals surface area (Å²) in [5.41, 5.74) is 1.44. The van der Waals surface area contributed by atoms with Crippen LogP contribution in [0.4, 0.5) is 0 Å². The number of ether oxygens (including phenoxy) is 1. The van der Waals surface area contributed by atoms with Gasteiger partial charge in [-0.2, -0.15) is 0 Å². The summed E-state index contributed by atoms with van der Waals surface area (Å²) in [5.74, 6) is 0.0229. The Morgan fingerprint density at radius 3 is 2.32 bits per heavy atom. The molecule has 0 bridgehead atoms. The van der Waals surface area contributed by atoms with E-state index in [0.717, 1.165) is 18.4 Å². The minimum Gasteiger partial charge on any atom is -0.575 e. The summed E-state index contributed by atoms with van der Waals surface area (Å²) in [7, 11) is -2.32. The molecule has 1 fully saturated rings. The molecular formula is C19H28NO4P. The van der Waals surface area contributed by atoms with Crippen LogP contribution in [0.15, 0.2) is 29.0 Å². The highest BCUT2D eigenvalue weighted by atomic mass is 31.1. The van der Waals surface area contributed by atoms with Gasteiger partial charge in [-0.15, -0.1) is 0 Å². The van der Waals surface area contributed by atoms with Crippen molar-refractivity contribution >= 4 is 14.1 Å². The fourth-order valence-corrected chi connectivity index (χ4v) is 3.56. The molecule has 1 saturated carbocycles. The third-order valence-electron chi connectivity index (χ3n) is 4.36. The Morgan fingerprint density at radius 2 is 1.84 bits per heavy atom. The quantitative estimate of drug-likeness (QED) is 0.575. The number of rotatable bonds is 5. The molecule has 138 valence electrons. The van der Waals surface area contributed by atoms with Crippen LogP contribution in [-0.4, -0.2) is 18.1 Å². The Labute approximate surface area is 151 Å². The zero-order valence-electron chi connectivity index (χ0n) is 15.9. The topological polar surface area (TPSA) is 71.0 Å². The standard InChI is InChI=1S/C19H28NO4P/c1-13(17(21)23-16-11-19(5,6)12-16)20-25(22)24-15-9-7-14(8-10-15)18(2,3)4/h7-10,13,16H,11-12H2,1-6H3/t13-/m0/s1. The highest BCUT2D eigenvalue weighted by Crippen LogP contribution is 2.41. The minimum atomic E-state index is -2.32. The maximum Gasteiger partial charge on any atom is 0.395 e. The van der Waals surface area contributed by atoms with E-state index in [1.165, 1.54) is 0 Å². The van der Waals surface area contributed by atoms with Gasteiger partial charge in [-0.25, -0.2) is 4.79 Å². The second-order valence-corrected chi connectivity index (χ2v) is 9.42. The number of hydrogen-bond donors (Lipinski definition) is 0. The van der Waals surface area contributed by atoms with Crippen molar-refractivity contribution in [3.8, 4) is 5.75 Å². The number of benzene rings is 1. The van der Waals surface area contributed by atoms with Crippen molar-refractivity contribution in [2.45, 2.75) is 71.9 Å². The molecule has 2 atom stereocenters. The Hall–Kier alpha value is -1.45. The maximum atomic E-state index is 12.0. The number of carbonyl (C=O) groups is 1. The van der Waals surface area contributed by atoms with Gasteiger partial charge in [-0.05, 0) is 48.3 Å². The summed E-state index contributed by atoms with van der Waals surface area (Å²) in [6, 6.07) is 6.61. The van der Waals surface area contributed by atoms with E-state index in [4.69, 9.17) is 9.26 Å². The Kier molecular flexibility index (Phi) is 5.90. The smallest absolute Gasteiger partial charge is 0.395 e. The average molecular weight is 365 g/mol. The highest BCUT2D eigenvalue weighted by Gasteiger charge is 2.39. The zero-order chi connectivity index (χ0) is 18.8. The van der Waals surface area contributed by atoms with Gasteiger partial charge in [0.05, 0.1) is 0 Å². The molecule has 1 aromatic carbocycles. The molecule has 0 heterocycles. The van der Waals surface area contributed by atoms with Crippen molar-refractivity contribution in [1.82, 2.24) is 0 Å². The van der Waals surface area contributed by atoms with Gasteiger partial charge in [0, 0.05) is 0 Å². The van der Waals surface area contributed by atoms with Crippen molar-refractivity contribution < 1.29 is 18.9 Å². The summed E-state index contributed by atoms with van der Waals surface area (Å²) >= 11 is 0. The largest absolute Gasteiger partial charge is 0.575 e. The van der Waals surface area contributed by atoms with E-state index in [1.54, 1.807) is 19.1 Å². The molecule has 1 aliphatic rings. The third kappa shape index (κ3) is 5.79. The molecule has 0 amide bonds. The van der Waals surface area contributed by atoms with E-state index in [0.29, 0.717) is 5.75 Å². The molecule has 5 nitrogen and oxygen atoms in total. The van der Waals surface area contributed by atoms with Gasteiger partial charge < -0.3 is 9.63 Å². The lowest BCUT2D eigenvalue weighted by atomic mass is 9.70. The minimum absolute atomic E-state index is 0.0411. The Bertz CT molecular complexity index is 638. The van der Waals surface area contributed by atoms with Gasteiger partial charge >= 0.3 is 14.1 Å². The van der Waals surface area contributed by atoms with Gasteiger partial charge in [-0.1, -0.05) is 51.5 Å². The third-order valence-corrected chi connectivity index (χ3v) is 5.26. The highest BCUT2D eigenvalue weighted by molar-refractivity contribution is 7.34. The van der Waals surface area contributed by atoms with Crippen molar-refractivity contribution in [1.29, 1.82) is 0 Å². The van der Waals surface area contributed by atoms with Crippen molar-refractivity contribution in [2.75, 3.05) is 0 Å². The maximum absolute atomic E-state index is 12.0. The predicted octanol–water partition coefficient (Wildman–Crippen LogP) is 4.34. The van der Waals surface area contributed by atoms with Crippen LogP contribution in [0.5, 0.6) is 5.75 Å². The SMILES string of the molecule is C[C@H](N=[P+]([O-])Oc1ccc(C(C)(C)C)cc1)C(=O)OC1CC(C)(C)C1. The molecule has 2 rings (SSSR count). The van der Waals surface area contributed by atoms with Crippen LogP contribution in [-0.2, 0) is 14.9 Å². The van der Waals surface area contributed by atoms with Gasteiger partial charge in [0.2, 0.25) is 0 Å². The van der Waals surface area contributed by atoms with Crippen LogP contribution in [0.3, 0.4) is 0 Å². The van der Waals surface area contributed by atoms with Gasteiger partial charge in [0.1, 0.15) is 6.10 Å². The van der Waals surface area contributed by atoms with Crippen molar-refractivity contribution in [3.63, 3.8) is 0 Å². The van der Waals surface area contributed by atoms with Crippen molar-refractivity contribution in [2.24, 2.45) is 10.2 Å². The average Bonchev–Trinajstić information content (AvgIpc) is 2.44. The van der Waals surface area contributed by atoms with E-state index in [9.17, 15) is 9.69 Å². The molecule has 0 saturated heterocycles. The molecule has 0 N–H and O–H groups in total. The lowest BCUT2D eigenvalue weighted by Crippen LogP contribution is -2.40. The number of nitrogens with zero attached hydrogens (tertiary/aromatic N) is 1. The van der Waals surface area contributed by atoms with E-state index in [2.05, 4.69) is 39.4 Å². The van der Waals surface area contributed by atoms with Crippen LogP contribution in [0, 0.1) is 5.41 Å². The first kappa shape index (κ1) is 19.9. The normalized spacial score (nSPS) is 19.1. The zero-order valence-corrected chi connectivity index (χ0v) is 16.8. The number of carbonyl (C=O) groups excluding carboxylic acids is 1. The monoisotopic (exact) mass is 365 g/mol. The van der Waals surface area contributed by atoms with E-state index < -0.39 is 20.2 Å². The van der Waals surface area contributed by atoms with Crippen LogP contribution < -0.4 is 9.42 Å².